The molecule has 11 rings (SSSR count). The molecule has 0 fully saturated rings. The number of nitrogens with zero attached hydrogens (tertiary/aromatic N) is 1. The summed E-state index contributed by atoms with van der Waals surface area (Å²) in [7, 11) is 0. The highest BCUT2D eigenvalue weighted by atomic mass is 16.3. The minimum atomic E-state index is 0.872. The summed E-state index contributed by atoms with van der Waals surface area (Å²) in [6.45, 7) is 0. The summed E-state index contributed by atoms with van der Waals surface area (Å²) < 4.78 is 6.39. The Kier molecular flexibility index (Phi) is 6.90. The van der Waals surface area contributed by atoms with Gasteiger partial charge in [0.25, 0.3) is 0 Å². The van der Waals surface area contributed by atoms with Gasteiger partial charge in [0, 0.05) is 33.9 Å². The molecule has 2 heteroatoms. The zero-order valence-electron chi connectivity index (χ0n) is 29.4. The van der Waals surface area contributed by atoms with Gasteiger partial charge in [0.05, 0.1) is 0 Å². The van der Waals surface area contributed by atoms with Crippen molar-refractivity contribution in [1.82, 2.24) is 0 Å². The van der Waals surface area contributed by atoms with Gasteiger partial charge in [-0.25, -0.2) is 0 Å². The number of hydrogen-bond donors (Lipinski definition) is 0. The van der Waals surface area contributed by atoms with Gasteiger partial charge in [-0.15, -0.1) is 0 Å². The molecule has 0 amide bonds. The van der Waals surface area contributed by atoms with Crippen LogP contribution in [-0.2, 0) is 0 Å². The molecule has 0 bridgehead atoms. The molecule has 0 atom stereocenters. The van der Waals surface area contributed by atoms with Crippen LogP contribution in [0.5, 0.6) is 0 Å². The molecule has 11 aromatic rings. The van der Waals surface area contributed by atoms with E-state index in [0.29, 0.717) is 0 Å². The molecule has 0 aliphatic heterocycles. The molecular weight excluding hydrogens is 655 g/mol. The largest absolute Gasteiger partial charge is 0.456 e. The van der Waals surface area contributed by atoms with Gasteiger partial charge in [-0.05, 0) is 120 Å². The van der Waals surface area contributed by atoms with Crippen molar-refractivity contribution >= 4 is 82.1 Å². The van der Waals surface area contributed by atoms with E-state index in [1.807, 2.05) is 12.1 Å². The van der Waals surface area contributed by atoms with Crippen molar-refractivity contribution in [3.63, 3.8) is 0 Å². The minimum absolute atomic E-state index is 0.872. The number of para-hydroxylation sites is 1. The Bertz CT molecular complexity index is 3190. The normalized spacial score (nSPS) is 11.7. The van der Waals surface area contributed by atoms with Gasteiger partial charge in [-0.3, -0.25) is 0 Å². The van der Waals surface area contributed by atoms with Crippen molar-refractivity contribution in [2.24, 2.45) is 0 Å². The maximum Gasteiger partial charge on any atom is 0.137 e. The molecule has 0 saturated carbocycles. The fourth-order valence-electron chi connectivity index (χ4n) is 8.38. The molecule has 0 unspecified atom stereocenters. The Labute approximate surface area is 312 Å². The third kappa shape index (κ3) is 4.96. The van der Waals surface area contributed by atoms with Gasteiger partial charge in [0.1, 0.15) is 11.2 Å². The van der Waals surface area contributed by atoms with Crippen LogP contribution in [0.2, 0.25) is 0 Å². The number of fused-ring (bicyclic) bond motifs is 10. The van der Waals surface area contributed by atoms with E-state index in [-0.39, 0.29) is 0 Å². The van der Waals surface area contributed by atoms with Crippen molar-refractivity contribution < 1.29 is 4.42 Å². The lowest BCUT2D eigenvalue weighted by Crippen LogP contribution is -2.10. The molecule has 0 spiro atoms. The van der Waals surface area contributed by atoms with E-state index in [0.717, 1.165) is 39.0 Å². The van der Waals surface area contributed by atoms with Crippen LogP contribution in [0.1, 0.15) is 0 Å². The zero-order valence-corrected chi connectivity index (χ0v) is 29.4. The van der Waals surface area contributed by atoms with Gasteiger partial charge < -0.3 is 9.32 Å². The van der Waals surface area contributed by atoms with Crippen molar-refractivity contribution in [2.45, 2.75) is 0 Å². The number of anilines is 3. The summed E-state index contributed by atoms with van der Waals surface area (Å²) in [6, 6.07) is 72.3. The third-order valence-corrected chi connectivity index (χ3v) is 11.0. The fraction of sp³-hybridized carbons (Fsp3) is 0. The number of benzene rings is 10. The van der Waals surface area contributed by atoms with E-state index < -0.39 is 0 Å². The summed E-state index contributed by atoms with van der Waals surface area (Å²) in [6.07, 6.45) is 0. The minimum Gasteiger partial charge on any atom is -0.456 e. The van der Waals surface area contributed by atoms with Crippen LogP contribution in [0.25, 0.3) is 87.3 Å². The second kappa shape index (κ2) is 12.2. The number of furan rings is 1. The molecule has 0 saturated heterocycles. The molecule has 0 aliphatic carbocycles. The highest BCUT2D eigenvalue weighted by Crippen LogP contribution is 2.42. The molecule has 2 nitrogen and oxygen atoms in total. The lowest BCUT2D eigenvalue weighted by molar-refractivity contribution is 0.669. The van der Waals surface area contributed by atoms with E-state index >= 15 is 0 Å². The van der Waals surface area contributed by atoms with Crippen LogP contribution in [0, 0.1) is 0 Å². The highest BCUT2D eigenvalue weighted by Gasteiger charge is 2.17. The predicted molar refractivity (Wildman–Crippen MR) is 229 cm³/mol. The average Bonchev–Trinajstić information content (AvgIpc) is 3.62. The molecule has 0 N–H and O–H groups in total. The Morgan fingerprint density at radius 2 is 0.778 bits per heavy atom. The van der Waals surface area contributed by atoms with Crippen molar-refractivity contribution in [3.8, 4) is 22.3 Å². The number of rotatable bonds is 5. The van der Waals surface area contributed by atoms with Gasteiger partial charge in [-0.2, -0.15) is 0 Å². The first-order chi connectivity index (χ1) is 26.7. The highest BCUT2D eigenvalue weighted by molar-refractivity contribution is 6.25. The molecule has 1 heterocycles. The van der Waals surface area contributed by atoms with E-state index in [9.17, 15) is 0 Å². The Morgan fingerprint density at radius 3 is 1.56 bits per heavy atom. The summed E-state index contributed by atoms with van der Waals surface area (Å²) in [5, 5.41) is 12.4. The molecule has 252 valence electrons. The molecule has 54 heavy (non-hydrogen) atoms. The summed E-state index contributed by atoms with van der Waals surface area (Å²) in [5.41, 5.74) is 9.69. The van der Waals surface area contributed by atoms with Gasteiger partial charge in [0.2, 0.25) is 0 Å². The van der Waals surface area contributed by atoms with Gasteiger partial charge in [-0.1, -0.05) is 140 Å². The van der Waals surface area contributed by atoms with Crippen LogP contribution >= 0.6 is 0 Å². The second-order valence-corrected chi connectivity index (χ2v) is 14.1. The van der Waals surface area contributed by atoms with Gasteiger partial charge in [0.15, 0.2) is 0 Å². The quantitative estimate of drug-likeness (QED) is 0.168. The lowest BCUT2D eigenvalue weighted by atomic mass is 9.92. The van der Waals surface area contributed by atoms with E-state index in [2.05, 4.69) is 193 Å². The van der Waals surface area contributed by atoms with Crippen molar-refractivity contribution in [2.75, 3.05) is 4.90 Å². The fourth-order valence-corrected chi connectivity index (χ4v) is 8.38. The molecule has 10 aromatic carbocycles. The first-order valence-electron chi connectivity index (χ1n) is 18.5. The van der Waals surface area contributed by atoms with Gasteiger partial charge >= 0.3 is 0 Å². The summed E-state index contributed by atoms with van der Waals surface area (Å²) >= 11 is 0. The molecular formula is C52H33NO. The van der Waals surface area contributed by atoms with Crippen molar-refractivity contribution in [3.05, 3.63) is 200 Å². The van der Waals surface area contributed by atoms with Crippen LogP contribution in [-0.4, -0.2) is 0 Å². The SMILES string of the molecule is c1cc(-c2ccc3ccccc3c2)cc(N(c2ccc(-c3ccc4c5ccccc5c5ccccc5c4c3)cc2)c2ccc3c(c2)oc2ccccc23)c1. The van der Waals surface area contributed by atoms with E-state index in [1.165, 1.54) is 65.3 Å². The standard InChI is InChI=1S/C52H33NO/c1-2-11-36-30-38(21-20-34(36)10-1)37-12-9-13-41(31-37)53(42-27-29-49-48-18-7-8-19-51(48)54-52(49)33-42)40-25-22-35(23-26-40)39-24-28-47-45-16-4-3-14-43(45)44-15-5-6-17-46(44)50(47)32-39/h1-33H. The topological polar surface area (TPSA) is 16.4 Å². The van der Waals surface area contributed by atoms with E-state index in [1.54, 1.807) is 0 Å². The first-order valence-corrected chi connectivity index (χ1v) is 18.5. The summed E-state index contributed by atoms with van der Waals surface area (Å²) in [4.78, 5) is 2.33. The Morgan fingerprint density at radius 1 is 0.259 bits per heavy atom. The Balaban J connectivity index is 1.04. The average molecular weight is 688 g/mol. The molecule has 0 aliphatic rings. The van der Waals surface area contributed by atoms with Crippen LogP contribution < -0.4 is 4.90 Å². The first kappa shape index (κ1) is 30.5. The zero-order chi connectivity index (χ0) is 35.6. The lowest BCUT2D eigenvalue weighted by Gasteiger charge is -2.26. The third-order valence-electron chi connectivity index (χ3n) is 11.0. The van der Waals surface area contributed by atoms with E-state index in [4.69, 9.17) is 4.42 Å². The Hall–Kier alpha value is -7.16. The molecule has 1 aromatic heterocycles. The monoisotopic (exact) mass is 687 g/mol. The maximum atomic E-state index is 6.39. The molecule has 0 radical (unpaired) electrons. The van der Waals surface area contributed by atoms with Crippen molar-refractivity contribution in [1.29, 1.82) is 0 Å². The van der Waals surface area contributed by atoms with Crippen LogP contribution in [0.3, 0.4) is 0 Å². The second-order valence-electron chi connectivity index (χ2n) is 14.1. The predicted octanol–water partition coefficient (Wildman–Crippen LogP) is 15.0. The maximum absolute atomic E-state index is 6.39. The van der Waals surface area contributed by atoms with Crippen LogP contribution in [0.15, 0.2) is 205 Å². The smallest absolute Gasteiger partial charge is 0.137 e. The van der Waals surface area contributed by atoms with Crippen LogP contribution in [0.4, 0.5) is 17.1 Å². The number of hydrogen-bond acceptors (Lipinski definition) is 2. The summed E-state index contributed by atoms with van der Waals surface area (Å²) in [5.74, 6) is 0.